The molecule has 3 aromatic rings. The molecule has 0 aromatic heterocycles. The summed E-state index contributed by atoms with van der Waals surface area (Å²) in [4.78, 5) is 28.3. The Morgan fingerprint density at radius 1 is 1.09 bits per heavy atom. The van der Waals surface area contributed by atoms with Gasteiger partial charge in [0.2, 0.25) is 5.91 Å². The molecular weight excluding hydrogens is 501 g/mol. The monoisotopic (exact) mass is 521 g/mol. The Balaban J connectivity index is 1.75. The summed E-state index contributed by atoms with van der Waals surface area (Å²) in [5.74, 6) is -0.807. The summed E-state index contributed by atoms with van der Waals surface area (Å²) >= 11 is 13.7. The molecule has 3 aromatic carbocycles. The maximum Gasteiger partial charge on any atom is 0.269 e. The molecule has 1 heterocycles. The van der Waals surface area contributed by atoms with Crippen molar-refractivity contribution in [1.82, 2.24) is 0 Å². The Morgan fingerprint density at radius 3 is 2.49 bits per heavy atom. The summed E-state index contributed by atoms with van der Waals surface area (Å²) in [6, 6.07) is 21.8. The number of para-hydroxylation sites is 1. The number of thioether (sulfide) groups is 1. The van der Waals surface area contributed by atoms with Crippen LogP contribution in [0, 0.1) is 25.2 Å². The van der Waals surface area contributed by atoms with Gasteiger partial charge in [-0.3, -0.25) is 14.5 Å². The van der Waals surface area contributed by atoms with Crippen LogP contribution in [-0.4, -0.2) is 17.1 Å². The van der Waals surface area contributed by atoms with E-state index in [9.17, 15) is 14.9 Å². The van der Waals surface area contributed by atoms with E-state index in [0.717, 1.165) is 16.7 Å². The molecule has 176 valence electrons. The summed E-state index contributed by atoms with van der Waals surface area (Å²) < 4.78 is 0. The fraction of sp³-hybridized carbons (Fsp3) is 0.148. The van der Waals surface area contributed by atoms with E-state index in [1.807, 2.05) is 50.2 Å². The summed E-state index contributed by atoms with van der Waals surface area (Å²) in [5, 5.41) is 13.5. The van der Waals surface area contributed by atoms with Crippen LogP contribution in [0.2, 0.25) is 10.0 Å². The molecule has 0 radical (unpaired) electrons. The zero-order valence-electron chi connectivity index (χ0n) is 19.0. The molecule has 0 spiro atoms. The summed E-state index contributed by atoms with van der Waals surface area (Å²) in [5.41, 5.74) is 3.66. The Hall–Kier alpha value is -3.24. The lowest BCUT2D eigenvalue weighted by Crippen LogP contribution is -2.31. The summed E-state index contributed by atoms with van der Waals surface area (Å²) in [6.07, 6.45) is 0.299. The Bertz CT molecular complexity index is 1380. The molecule has 0 bridgehead atoms. The van der Waals surface area contributed by atoms with Gasteiger partial charge in [0.05, 0.1) is 10.9 Å². The van der Waals surface area contributed by atoms with Gasteiger partial charge in [-0.25, -0.2) is 0 Å². The number of hydrogen-bond donors (Lipinski definition) is 1. The van der Waals surface area contributed by atoms with Crippen LogP contribution in [0.5, 0.6) is 0 Å². The number of anilines is 2. The van der Waals surface area contributed by atoms with Gasteiger partial charge in [-0.15, -0.1) is 0 Å². The fourth-order valence-corrected chi connectivity index (χ4v) is 5.43. The van der Waals surface area contributed by atoms with Crippen molar-refractivity contribution in [2.75, 3.05) is 10.2 Å². The molecule has 1 unspecified atom stereocenters. The predicted molar refractivity (Wildman–Crippen MR) is 143 cm³/mol. The maximum absolute atomic E-state index is 13.7. The number of carbonyl (C=O) groups excluding carboxylic acids is 2. The molecule has 1 aliphatic heterocycles. The number of nitrogens with zero attached hydrogens (tertiary/aromatic N) is 2. The van der Waals surface area contributed by atoms with Crippen LogP contribution in [0.3, 0.4) is 0 Å². The normalized spacial score (nSPS) is 16.7. The van der Waals surface area contributed by atoms with Crippen LogP contribution in [-0.2, 0) is 16.0 Å². The van der Waals surface area contributed by atoms with E-state index < -0.39 is 11.2 Å². The second-order valence-electron chi connectivity index (χ2n) is 8.12. The highest BCUT2D eigenvalue weighted by Crippen LogP contribution is 2.43. The first-order valence-electron chi connectivity index (χ1n) is 10.8. The van der Waals surface area contributed by atoms with Crippen molar-refractivity contribution in [1.29, 1.82) is 5.26 Å². The number of hydrogen-bond acceptors (Lipinski definition) is 4. The molecule has 0 aliphatic carbocycles. The van der Waals surface area contributed by atoms with E-state index in [1.165, 1.54) is 16.7 Å². The van der Waals surface area contributed by atoms with Crippen molar-refractivity contribution < 1.29 is 9.59 Å². The Morgan fingerprint density at radius 2 is 1.80 bits per heavy atom. The van der Waals surface area contributed by atoms with Gasteiger partial charge in [0, 0.05) is 15.7 Å². The number of benzene rings is 3. The SMILES string of the molecule is Cc1ccc(NC(=O)C(C#N)=C2SC(Cc3cc(Cl)ccc3Cl)C(=O)N2c2ccccc2C)cc1. The minimum Gasteiger partial charge on any atom is -0.321 e. The van der Waals surface area contributed by atoms with Crippen molar-refractivity contribution in [3.8, 4) is 6.07 Å². The first-order chi connectivity index (χ1) is 16.8. The topological polar surface area (TPSA) is 73.2 Å². The zero-order valence-corrected chi connectivity index (χ0v) is 21.3. The zero-order chi connectivity index (χ0) is 25.1. The third kappa shape index (κ3) is 5.38. The van der Waals surface area contributed by atoms with Crippen molar-refractivity contribution in [3.05, 3.63) is 104 Å². The van der Waals surface area contributed by atoms with Crippen molar-refractivity contribution in [3.63, 3.8) is 0 Å². The minimum absolute atomic E-state index is 0.133. The molecule has 2 amide bonds. The van der Waals surface area contributed by atoms with E-state index in [1.54, 1.807) is 36.4 Å². The quantitative estimate of drug-likeness (QED) is 0.300. The van der Waals surface area contributed by atoms with Gasteiger partial charge in [0.25, 0.3) is 5.91 Å². The molecule has 0 saturated carbocycles. The fourth-order valence-electron chi connectivity index (χ4n) is 3.75. The highest BCUT2D eigenvalue weighted by Gasteiger charge is 2.41. The molecule has 35 heavy (non-hydrogen) atoms. The Labute approximate surface area is 218 Å². The first-order valence-corrected chi connectivity index (χ1v) is 12.4. The van der Waals surface area contributed by atoms with E-state index in [-0.39, 0.29) is 11.5 Å². The lowest BCUT2D eigenvalue weighted by Gasteiger charge is -2.20. The molecule has 4 rings (SSSR count). The van der Waals surface area contributed by atoms with Crippen molar-refractivity contribution >= 4 is 58.2 Å². The number of rotatable bonds is 5. The molecule has 5 nitrogen and oxygen atoms in total. The molecule has 1 aliphatic rings. The van der Waals surface area contributed by atoms with Crippen LogP contribution >= 0.6 is 35.0 Å². The maximum atomic E-state index is 13.7. The van der Waals surface area contributed by atoms with E-state index in [2.05, 4.69) is 5.32 Å². The summed E-state index contributed by atoms with van der Waals surface area (Å²) in [7, 11) is 0. The molecular formula is C27H21Cl2N3O2S. The third-order valence-electron chi connectivity index (χ3n) is 5.58. The van der Waals surface area contributed by atoms with E-state index >= 15 is 0 Å². The van der Waals surface area contributed by atoms with Crippen LogP contribution in [0.1, 0.15) is 16.7 Å². The van der Waals surface area contributed by atoms with Crippen LogP contribution in [0.15, 0.2) is 77.3 Å². The molecule has 1 N–H and O–H groups in total. The van der Waals surface area contributed by atoms with Gasteiger partial charge in [0.15, 0.2) is 0 Å². The van der Waals surface area contributed by atoms with Gasteiger partial charge in [-0.2, -0.15) is 5.26 Å². The largest absolute Gasteiger partial charge is 0.321 e. The van der Waals surface area contributed by atoms with Gasteiger partial charge in [0.1, 0.15) is 16.7 Å². The van der Waals surface area contributed by atoms with Crippen molar-refractivity contribution in [2.45, 2.75) is 25.5 Å². The number of nitriles is 1. The van der Waals surface area contributed by atoms with Crippen molar-refractivity contribution in [2.24, 2.45) is 0 Å². The van der Waals surface area contributed by atoms with E-state index in [4.69, 9.17) is 23.2 Å². The average molecular weight is 522 g/mol. The highest BCUT2D eigenvalue weighted by molar-refractivity contribution is 8.05. The standard InChI is InChI=1S/C27H21Cl2N3O2S/c1-16-7-10-20(11-8-16)31-25(33)21(15-30)27-32(23-6-4-3-5-17(23)2)26(34)24(35-27)14-18-13-19(28)9-12-22(18)29/h3-13,24H,14H2,1-2H3,(H,31,33). The number of halogens is 2. The van der Waals surface area contributed by atoms with E-state index in [0.29, 0.717) is 32.9 Å². The third-order valence-corrected chi connectivity index (χ3v) is 7.45. The molecule has 1 fully saturated rings. The average Bonchev–Trinajstić information content (AvgIpc) is 3.14. The number of carbonyl (C=O) groups is 2. The number of amides is 2. The lowest BCUT2D eigenvalue weighted by atomic mass is 10.1. The number of nitrogens with one attached hydrogen (secondary N) is 1. The summed E-state index contributed by atoms with van der Waals surface area (Å²) in [6.45, 7) is 3.83. The van der Waals surface area contributed by atoms with Crippen LogP contribution in [0.4, 0.5) is 11.4 Å². The second kappa shape index (κ2) is 10.6. The van der Waals surface area contributed by atoms with Gasteiger partial charge < -0.3 is 5.32 Å². The molecule has 1 saturated heterocycles. The highest BCUT2D eigenvalue weighted by atomic mass is 35.5. The molecule has 8 heteroatoms. The molecule has 1 atom stereocenters. The van der Waals surface area contributed by atoms with Crippen LogP contribution in [0.25, 0.3) is 0 Å². The van der Waals surface area contributed by atoms with Gasteiger partial charge in [-0.1, -0.05) is 70.9 Å². The van der Waals surface area contributed by atoms with Gasteiger partial charge >= 0.3 is 0 Å². The van der Waals surface area contributed by atoms with Gasteiger partial charge in [-0.05, 0) is 67.8 Å². The lowest BCUT2D eigenvalue weighted by molar-refractivity contribution is -0.117. The number of aryl methyl sites for hydroxylation is 2. The smallest absolute Gasteiger partial charge is 0.269 e. The second-order valence-corrected chi connectivity index (χ2v) is 10.2. The predicted octanol–water partition coefficient (Wildman–Crippen LogP) is 6.68. The Kier molecular flexibility index (Phi) is 7.51. The minimum atomic E-state index is -0.587. The van der Waals surface area contributed by atoms with Crippen LogP contribution < -0.4 is 10.2 Å². The first kappa shape index (κ1) is 24.9.